The maximum Gasteiger partial charge on any atom is 0.317 e. The summed E-state index contributed by atoms with van der Waals surface area (Å²) in [6, 6.07) is 0. The third-order valence-corrected chi connectivity index (χ3v) is 10.7. The van der Waals surface area contributed by atoms with Crippen LogP contribution in [-0.4, -0.2) is 70.0 Å². The molecular formula is C48H106N6O2. The molecule has 0 bridgehead atoms. The molecular weight excluding hydrogens is 693 g/mol. The van der Waals surface area contributed by atoms with E-state index in [1.165, 1.54) is 231 Å². The largest absolute Gasteiger partial charge is 0.480 e. The van der Waals surface area contributed by atoms with Crippen molar-refractivity contribution in [1.29, 1.82) is 0 Å². The molecule has 340 valence electrons. The van der Waals surface area contributed by atoms with Gasteiger partial charge in [-0.05, 0) is 90.9 Å². The number of carbonyl (C=O) groups is 1. The Kier molecular flexibility index (Phi) is 64.8. The highest BCUT2D eigenvalue weighted by atomic mass is 16.4. The van der Waals surface area contributed by atoms with E-state index in [9.17, 15) is 4.79 Å². The monoisotopic (exact) mass is 799 g/mol. The first-order valence-electron chi connectivity index (χ1n) is 25.0. The Bertz CT molecular complexity index is 611. The van der Waals surface area contributed by atoms with Gasteiger partial charge in [-0.1, -0.05) is 206 Å². The summed E-state index contributed by atoms with van der Waals surface area (Å²) in [6.07, 6.45) is 51.3. The quantitative estimate of drug-likeness (QED) is 0.0301. The van der Waals surface area contributed by atoms with E-state index < -0.39 is 5.97 Å². The van der Waals surface area contributed by atoms with Crippen LogP contribution in [0.3, 0.4) is 0 Å². The summed E-state index contributed by atoms with van der Waals surface area (Å²) in [4.78, 5) is 9.24. The summed E-state index contributed by atoms with van der Waals surface area (Å²) in [5, 5.41) is 18.0. The number of hydrogen-bond donors (Lipinski definition) is 7. The van der Waals surface area contributed by atoms with Crippen LogP contribution in [0.2, 0.25) is 0 Å². The van der Waals surface area contributed by atoms with Crippen LogP contribution in [0.25, 0.3) is 0 Å². The first-order chi connectivity index (χ1) is 27.6. The van der Waals surface area contributed by atoms with Gasteiger partial charge in [0.1, 0.15) is 0 Å². The van der Waals surface area contributed by atoms with Crippen molar-refractivity contribution in [3.63, 3.8) is 0 Å². The first-order valence-corrected chi connectivity index (χ1v) is 25.0. The summed E-state index contributed by atoms with van der Waals surface area (Å²) in [6.45, 7) is 12.7. The van der Waals surface area contributed by atoms with E-state index in [4.69, 9.17) is 16.6 Å². The maximum absolute atomic E-state index is 9.24. The SMILES string of the molecule is CCCCCCCCCCCCCCCCCCNCCCCCCCCCCCCCCCCCC.NCC(=O)O.NCCCNCCCCNCCCN. The normalized spacial score (nSPS) is 10.9. The fraction of sp³-hybridized carbons (Fsp3) is 0.979. The molecule has 8 nitrogen and oxygen atoms in total. The molecule has 10 N–H and O–H groups in total. The van der Waals surface area contributed by atoms with Crippen LogP contribution < -0.4 is 33.2 Å². The zero-order valence-electron chi connectivity index (χ0n) is 38.4. The minimum atomic E-state index is -0.968. The van der Waals surface area contributed by atoms with E-state index in [0.29, 0.717) is 0 Å². The Labute approximate surface area is 352 Å². The number of nitrogens with two attached hydrogens (primary N) is 3. The third kappa shape index (κ3) is 67.9. The van der Waals surface area contributed by atoms with Crippen molar-refractivity contribution in [3.05, 3.63) is 0 Å². The Balaban J connectivity index is -0.00000121. The molecule has 0 rings (SSSR count). The van der Waals surface area contributed by atoms with Gasteiger partial charge in [0.05, 0.1) is 6.54 Å². The molecule has 0 atom stereocenters. The van der Waals surface area contributed by atoms with Gasteiger partial charge in [-0.3, -0.25) is 4.79 Å². The van der Waals surface area contributed by atoms with Crippen LogP contribution in [0.1, 0.15) is 245 Å². The van der Waals surface area contributed by atoms with Crippen LogP contribution in [0.4, 0.5) is 0 Å². The predicted molar refractivity (Wildman–Crippen MR) is 251 cm³/mol. The van der Waals surface area contributed by atoms with E-state index in [2.05, 4.69) is 35.5 Å². The van der Waals surface area contributed by atoms with Gasteiger partial charge in [-0.2, -0.15) is 0 Å². The number of rotatable bonds is 46. The van der Waals surface area contributed by atoms with Gasteiger partial charge in [0.2, 0.25) is 0 Å². The van der Waals surface area contributed by atoms with Crippen molar-refractivity contribution < 1.29 is 9.90 Å². The number of carboxylic acids is 1. The second-order valence-corrected chi connectivity index (χ2v) is 16.4. The average Bonchev–Trinajstić information content (AvgIpc) is 3.21. The van der Waals surface area contributed by atoms with E-state index in [1.807, 2.05) is 0 Å². The Hall–Kier alpha value is -0.770. The minimum Gasteiger partial charge on any atom is -0.480 e. The Morgan fingerprint density at radius 2 is 0.482 bits per heavy atom. The van der Waals surface area contributed by atoms with Crippen molar-refractivity contribution in [1.82, 2.24) is 16.0 Å². The molecule has 0 amide bonds. The van der Waals surface area contributed by atoms with E-state index in [0.717, 1.165) is 52.1 Å². The molecule has 0 fully saturated rings. The van der Waals surface area contributed by atoms with Gasteiger partial charge in [0, 0.05) is 0 Å². The van der Waals surface area contributed by atoms with Crippen molar-refractivity contribution in [3.8, 4) is 0 Å². The summed E-state index contributed by atoms with van der Waals surface area (Å²) >= 11 is 0. The highest BCUT2D eigenvalue weighted by molar-refractivity contribution is 5.68. The maximum atomic E-state index is 9.24. The number of unbranched alkanes of at least 4 members (excludes halogenated alkanes) is 31. The smallest absolute Gasteiger partial charge is 0.317 e. The summed E-state index contributed by atoms with van der Waals surface area (Å²) in [7, 11) is 0. The molecule has 0 saturated carbocycles. The topological polar surface area (TPSA) is 151 Å². The molecule has 0 aliphatic carbocycles. The van der Waals surface area contributed by atoms with Gasteiger partial charge in [0.15, 0.2) is 0 Å². The minimum absolute atomic E-state index is 0.278. The second kappa shape index (κ2) is 60.9. The fourth-order valence-corrected chi connectivity index (χ4v) is 6.93. The Morgan fingerprint density at radius 3 is 0.661 bits per heavy atom. The summed E-state index contributed by atoms with van der Waals surface area (Å²) < 4.78 is 0. The molecule has 8 heteroatoms. The van der Waals surface area contributed by atoms with Gasteiger partial charge in [-0.25, -0.2) is 0 Å². The molecule has 0 aromatic carbocycles. The van der Waals surface area contributed by atoms with Gasteiger partial charge in [0.25, 0.3) is 0 Å². The van der Waals surface area contributed by atoms with Crippen molar-refractivity contribution >= 4 is 5.97 Å². The lowest BCUT2D eigenvalue weighted by atomic mass is 10.0. The number of carboxylic acid groups (broad SMARTS) is 1. The highest BCUT2D eigenvalue weighted by Crippen LogP contribution is 2.15. The third-order valence-electron chi connectivity index (χ3n) is 10.7. The first kappa shape index (κ1) is 59.5. The molecule has 0 radical (unpaired) electrons. The van der Waals surface area contributed by atoms with Crippen LogP contribution in [0, 0.1) is 0 Å². The number of aliphatic carboxylic acids is 1. The summed E-state index contributed by atoms with van der Waals surface area (Å²) in [5.41, 5.74) is 15.3. The summed E-state index contributed by atoms with van der Waals surface area (Å²) in [5.74, 6) is -0.968. The van der Waals surface area contributed by atoms with Crippen molar-refractivity contribution in [2.24, 2.45) is 17.2 Å². The lowest BCUT2D eigenvalue weighted by Gasteiger charge is -2.06. The fourth-order valence-electron chi connectivity index (χ4n) is 6.93. The second-order valence-electron chi connectivity index (χ2n) is 16.4. The van der Waals surface area contributed by atoms with Crippen molar-refractivity contribution in [2.75, 3.05) is 58.9 Å². The predicted octanol–water partition coefficient (Wildman–Crippen LogP) is 11.8. The molecule has 0 aliphatic heterocycles. The number of nitrogens with one attached hydrogen (secondary N) is 3. The standard InChI is InChI=1S/C36H75N.C10H26N4.C2H5NO2/c1-3-5-7-9-11-13-15-17-19-21-23-25-27-29-31-33-35-37-36-34-32-30-28-26-24-22-20-18-16-14-12-10-8-6-4-2;11-5-3-9-13-7-1-2-8-14-10-4-6-12;3-1-2(4)5/h37H,3-36H2,1-2H3;13-14H,1-12H2;1,3H2,(H,4,5). The van der Waals surface area contributed by atoms with Crippen LogP contribution in [0.5, 0.6) is 0 Å². The molecule has 0 heterocycles. The zero-order valence-corrected chi connectivity index (χ0v) is 38.4. The zero-order chi connectivity index (χ0) is 41.5. The van der Waals surface area contributed by atoms with E-state index >= 15 is 0 Å². The van der Waals surface area contributed by atoms with E-state index in [-0.39, 0.29) is 6.54 Å². The molecule has 0 saturated heterocycles. The van der Waals surface area contributed by atoms with Crippen LogP contribution in [-0.2, 0) is 4.79 Å². The molecule has 0 aromatic heterocycles. The average molecular weight is 799 g/mol. The number of hydrogen-bond acceptors (Lipinski definition) is 7. The Morgan fingerprint density at radius 1 is 0.321 bits per heavy atom. The van der Waals surface area contributed by atoms with Gasteiger partial charge < -0.3 is 38.3 Å². The lowest BCUT2D eigenvalue weighted by molar-refractivity contribution is -0.135. The van der Waals surface area contributed by atoms with Crippen LogP contribution >= 0.6 is 0 Å². The molecule has 0 spiro atoms. The molecule has 0 aromatic rings. The molecule has 0 aliphatic rings. The highest BCUT2D eigenvalue weighted by Gasteiger charge is 1.97. The molecule has 56 heavy (non-hydrogen) atoms. The van der Waals surface area contributed by atoms with Crippen molar-refractivity contribution in [2.45, 2.75) is 245 Å². The molecule has 0 unspecified atom stereocenters. The lowest BCUT2D eigenvalue weighted by Crippen LogP contribution is -2.22. The van der Waals surface area contributed by atoms with E-state index in [1.54, 1.807) is 0 Å². The van der Waals surface area contributed by atoms with Crippen LogP contribution in [0.15, 0.2) is 0 Å². The van der Waals surface area contributed by atoms with Gasteiger partial charge >= 0.3 is 5.97 Å². The van der Waals surface area contributed by atoms with Gasteiger partial charge in [-0.15, -0.1) is 0 Å².